The Hall–Kier alpha value is -2.23. The number of amidine groups is 1. The average Bonchev–Trinajstić information content (AvgIpc) is 3.19. The Labute approximate surface area is 156 Å². The number of alkyl halides is 4. The average molecular weight is 404 g/mol. The zero-order chi connectivity index (χ0) is 19.4. The maximum absolute atomic E-state index is 12.6. The molecule has 1 aliphatic heterocycles. The van der Waals surface area contributed by atoms with E-state index in [1.165, 1.54) is 18.2 Å². The van der Waals surface area contributed by atoms with Gasteiger partial charge in [0.1, 0.15) is 11.5 Å². The van der Waals surface area contributed by atoms with Crippen molar-refractivity contribution in [2.24, 2.45) is 4.99 Å². The van der Waals surface area contributed by atoms with Crippen LogP contribution < -0.4 is 14.8 Å². The van der Waals surface area contributed by atoms with Gasteiger partial charge < -0.3 is 14.8 Å². The second-order valence-electron chi connectivity index (χ2n) is 5.89. The standard InChI is InChI=1S/C17H16F4N2O3S/c18-15(19)25-11-6-5-9(12(8-11)26-16(20)21)7-13-14(24)23-17(27-13)22-10-3-1-2-4-10/h5-8,10,15-16H,1-4H2,(H,22,23,24)/b13-7-. The summed E-state index contributed by atoms with van der Waals surface area (Å²) in [5, 5.41) is 3.11. The zero-order valence-electron chi connectivity index (χ0n) is 14.0. The second-order valence-corrected chi connectivity index (χ2v) is 6.92. The quantitative estimate of drug-likeness (QED) is 0.564. The van der Waals surface area contributed by atoms with Crippen LogP contribution in [0, 0.1) is 0 Å². The smallest absolute Gasteiger partial charge is 0.387 e. The summed E-state index contributed by atoms with van der Waals surface area (Å²) in [6.45, 7) is -6.26. The second kappa shape index (κ2) is 8.64. The molecular formula is C17H16F4N2O3S. The number of nitrogens with zero attached hydrogens (tertiary/aromatic N) is 1. The molecule has 2 fully saturated rings. The van der Waals surface area contributed by atoms with E-state index in [4.69, 9.17) is 0 Å². The number of hydrogen-bond acceptors (Lipinski definition) is 5. The van der Waals surface area contributed by atoms with Crippen molar-refractivity contribution in [3.63, 3.8) is 0 Å². The number of carbonyl (C=O) groups is 1. The van der Waals surface area contributed by atoms with Gasteiger partial charge in [0.05, 0.1) is 10.9 Å². The van der Waals surface area contributed by atoms with Gasteiger partial charge in [0.2, 0.25) is 0 Å². The van der Waals surface area contributed by atoms with Crippen molar-refractivity contribution in [1.82, 2.24) is 5.32 Å². The number of hydrogen-bond donors (Lipinski definition) is 1. The summed E-state index contributed by atoms with van der Waals surface area (Å²) in [5.74, 6) is -1.10. The fourth-order valence-corrected chi connectivity index (χ4v) is 3.72. The molecule has 0 bridgehead atoms. The molecule has 1 heterocycles. The van der Waals surface area contributed by atoms with Gasteiger partial charge in [-0.2, -0.15) is 17.6 Å². The van der Waals surface area contributed by atoms with Gasteiger partial charge in [-0.1, -0.05) is 12.8 Å². The van der Waals surface area contributed by atoms with Gasteiger partial charge in [-0.15, -0.1) is 0 Å². The molecule has 1 N–H and O–H groups in total. The van der Waals surface area contributed by atoms with Gasteiger partial charge in [0.25, 0.3) is 5.91 Å². The lowest BCUT2D eigenvalue weighted by Gasteiger charge is -2.11. The molecule has 1 aromatic carbocycles. The number of halogens is 4. The molecule has 10 heteroatoms. The fourth-order valence-electron chi connectivity index (χ4n) is 2.84. The summed E-state index contributed by atoms with van der Waals surface area (Å²) in [7, 11) is 0. The van der Waals surface area contributed by atoms with Crippen LogP contribution in [0.5, 0.6) is 11.5 Å². The number of benzene rings is 1. The van der Waals surface area contributed by atoms with E-state index in [2.05, 4.69) is 19.8 Å². The third kappa shape index (κ3) is 5.38. The van der Waals surface area contributed by atoms with Gasteiger partial charge in [-0.05, 0) is 42.8 Å². The summed E-state index contributed by atoms with van der Waals surface area (Å²) < 4.78 is 58.5. The minimum Gasteiger partial charge on any atom is -0.435 e. The zero-order valence-corrected chi connectivity index (χ0v) is 14.8. The highest BCUT2D eigenvalue weighted by Gasteiger charge is 2.26. The number of rotatable bonds is 6. The Balaban J connectivity index is 1.83. The number of carbonyl (C=O) groups excluding carboxylic acids is 1. The van der Waals surface area contributed by atoms with Gasteiger partial charge in [0, 0.05) is 11.6 Å². The first-order valence-corrected chi connectivity index (χ1v) is 9.05. The lowest BCUT2D eigenvalue weighted by Crippen LogP contribution is -2.21. The summed E-state index contributed by atoms with van der Waals surface area (Å²) in [4.78, 5) is 16.8. The lowest BCUT2D eigenvalue weighted by molar-refractivity contribution is -0.115. The van der Waals surface area contributed by atoms with E-state index in [-0.39, 0.29) is 28.0 Å². The molecule has 1 aliphatic carbocycles. The van der Waals surface area contributed by atoms with Gasteiger partial charge >= 0.3 is 13.2 Å². The maximum Gasteiger partial charge on any atom is 0.387 e. The van der Waals surface area contributed by atoms with Crippen molar-refractivity contribution in [1.29, 1.82) is 0 Å². The van der Waals surface area contributed by atoms with Crippen molar-refractivity contribution < 1.29 is 31.8 Å². The predicted octanol–water partition coefficient (Wildman–Crippen LogP) is 4.39. The fraction of sp³-hybridized carbons (Fsp3) is 0.412. The molecule has 146 valence electrons. The van der Waals surface area contributed by atoms with Crippen LogP contribution in [-0.2, 0) is 4.79 Å². The number of thioether (sulfide) groups is 1. The molecule has 0 radical (unpaired) electrons. The number of aliphatic imine (C=N–C) groups is 1. The van der Waals surface area contributed by atoms with E-state index < -0.39 is 19.1 Å². The molecule has 2 aliphatic rings. The Morgan fingerprint density at radius 3 is 2.52 bits per heavy atom. The van der Waals surface area contributed by atoms with Crippen LogP contribution in [0.2, 0.25) is 0 Å². The molecule has 1 saturated carbocycles. The van der Waals surface area contributed by atoms with Crippen molar-refractivity contribution >= 4 is 28.9 Å². The van der Waals surface area contributed by atoms with E-state index in [0.717, 1.165) is 43.5 Å². The molecule has 5 nitrogen and oxygen atoms in total. The normalized spacial score (nSPS) is 20.9. The van der Waals surface area contributed by atoms with Crippen LogP contribution in [0.25, 0.3) is 6.08 Å². The van der Waals surface area contributed by atoms with Crippen LogP contribution >= 0.6 is 11.8 Å². The summed E-state index contributed by atoms with van der Waals surface area (Å²) in [6, 6.07) is 3.55. The first-order chi connectivity index (χ1) is 12.9. The van der Waals surface area contributed by atoms with Crippen molar-refractivity contribution in [2.75, 3.05) is 0 Å². The molecule has 3 rings (SSSR count). The molecular weight excluding hydrogens is 388 g/mol. The molecule has 0 spiro atoms. The molecule has 1 saturated heterocycles. The van der Waals surface area contributed by atoms with Gasteiger partial charge in [0.15, 0.2) is 5.17 Å². The van der Waals surface area contributed by atoms with Crippen molar-refractivity contribution in [2.45, 2.75) is 44.9 Å². The SMILES string of the molecule is O=C1NC(=NC2CCCC2)S/C1=C\c1ccc(OC(F)F)cc1OC(F)F. The van der Waals surface area contributed by atoms with E-state index in [0.29, 0.717) is 5.17 Å². The van der Waals surface area contributed by atoms with E-state index >= 15 is 0 Å². The molecule has 0 atom stereocenters. The number of nitrogens with one attached hydrogen (secondary N) is 1. The maximum atomic E-state index is 12.6. The molecule has 1 aromatic rings. The highest BCUT2D eigenvalue weighted by Crippen LogP contribution is 2.33. The van der Waals surface area contributed by atoms with E-state index in [9.17, 15) is 22.4 Å². The van der Waals surface area contributed by atoms with Crippen LogP contribution in [0.3, 0.4) is 0 Å². The Bertz CT molecular complexity index is 765. The Morgan fingerprint density at radius 2 is 1.85 bits per heavy atom. The predicted molar refractivity (Wildman–Crippen MR) is 93.1 cm³/mol. The van der Waals surface area contributed by atoms with Crippen LogP contribution in [-0.4, -0.2) is 30.3 Å². The largest absolute Gasteiger partial charge is 0.435 e. The van der Waals surface area contributed by atoms with Gasteiger partial charge in [-0.25, -0.2) is 0 Å². The van der Waals surface area contributed by atoms with Crippen molar-refractivity contribution in [3.05, 3.63) is 28.7 Å². The van der Waals surface area contributed by atoms with Crippen LogP contribution in [0.1, 0.15) is 31.2 Å². The number of ether oxygens (including phenoxy) is 2. The highest BCUT2D eigenvalue weighted by atomic mass is 32.2. The molecule has 0 aromatic heterocycles. The Kier molecular flexibility index (Phi) is 6.25. The Morgan fingerprint density at radius 1 is 1.15 bits per heavy atom. The first kappa shape index (κ1) is 19.5. The third-order valence-electron chi connectivity index (χ3n) is 3.99. The third-order valence-corrected chi connectivity index (χ3v) is 4.91. The van der Waals surface area contributed by atoms with Gasteiger partial charge in [-0.3, -0.25) is 9.79 Å². The first-order valence-electron chi connectivity index (χ1n) is 8.23. The van der Waals surface area contributed by atoms with Crippen molar-refractivity contribution in [3.8, 4) is 11.5 Å². The summed E-state index contributed by atoms with van der Waals surface area (Å²) >= 11 is 1.10. The molecule has 0 unspecified atom stereocenters. The molecule has 27 heavy (non-hydrogen) atoms. The van der Waals surface area contributed by atoms with E-state index in [1.807, 2.05) is 0 Å². The summed E-state index contributed by atoms with van der Waals surface area (Å²) in [6.07, 6.45) is 5.49. The van der Waals surface area contributed by atoms with E-state index in [1.54, 1.807) is 0 Å². The number of amides is 1. The van der Waals surface area contributed by atoms with Crippen LogP contribution in [0.4, 0.5) is 17.6 Å². The summed E-state index contributed by atoms with van der Waals surface area (Å²) in [5.41, 5.74) is 0.136. The topological polar surface area (TPSA) is 59.9 Å². The highest BCUT2D eigenvalue weighted by molar-refractivity contribution is 8.18. The van der Waals surface area contributed by atoms with Crippen LogP contribution in [0.15, 0.2) is 28.1 Å². The monoisotopic (exact) mass is 404 g/mol. The minimum absolute atomic E-state index is 0.136. The minimum atomic E-state index is -3.16. The lowest BCUT2D eigenvalue weighted by atomic mass is 10.1. The molecule has 1 amide bonds.